The van der Waals surface area contributed by atoms with Crippen LogP contribution in [0.4, 0.5) is 0 Å². The van der Waals surface area contributed by atoms with Crippen molar-refractivity contribution >= 4 is 21.7 Å². The number of ether oxygens (including phenoxy) is 1. The van der Waals surface area contributed by atoms with E-state index in [0.29, 0.717) is 17.6 Å². The number of aliphatic carboxylic acids is 1. The minimum Gasteiger partial charge on any atom is -0.480 e. The fourth-order valence-corrected chi connectivity index (χ4v) is 6.56. The number of carboxylic acids is 1. The number of nitrogens with zero attached hydrogens (tertiary/aromatic N) is 1. The summed E-state index contributed by atoms with van der Waals surface area (Å²) >= 11 is 0. The zero-order chi connectivity index (χ0) is 38.1. The van der Waals surface area contributed by atoms with Gasteiger partial charge in [0.1, 0.15) is 15.9 Å². The molecule has 2 unspecified atom stereocenters. The standard InChI is InChI=1S/C25H32N2O5S.C7H14O.C5H12.2C2H6/c1-17-10-12-27(15-17)16-19-8-9-21(22(14-19)20-7-5-4-6-18(20)2)24(28)26-23(25(29)30)11-13-33(3,31)32;1-8-7-5-3-2-4-6-7;1-3-5-4-2;2*1-2/h4-9,14,17,23H,10-13,15-16H2,1-3H3,(H,26,28)(H,29,30);7H,2-6H2,1H3;3-5H2,1-2H3;2*1-2H3. The third-order valence-electron chi connectivity index (χ3n) is 8.65. The van der Waals surface area contributed by atoms with Gasteiger partial charge in [0.15, 0.2) is 0 Å². The highest BCUT2D eigenvalue weighted by Crippen LogP contribution is 2.29. The quantitative estimate of drug-likeness (QED) is 0.225. The second kappa shape index (κ2) is 27.0. The molecule has 2 aliphatic rings. The lowest BCUT2D eigenvalue weighted by Crippen LogP contribution is -2.42. The first-order valence-corrected chi connectivity index (χ1v) is 21.1. The van der Waals surface area contributed by atoms with Crippen molar-refractivity contribution in [2.45, 2.75) is 138 Å². The Morgan fingerprint density at radius 1 is 0.960 bits per heavy atom. The van der Waals surface area contributed by atoms with Gasteiger partial charge in [-0.3, -0.25) is 9.69 Å². The lowest BCUT2D eigenvalue weighted by molar-refractivity contribution is -0.139. The number of carboxylic acid groups (broad SMARTS) is 1. The van der Waals surface area contributed by atoms with Crippen molar-refractivity contribution in [3.63, 3.8) is 0 Å². The summed E-state index contributed by atoms with van der Waals surface area (Å²) in [6.07, 6.45) is 13.4. The van der Waals surface area contributed by atoms with E-state index in [1.165, 1.54) is 57.8 Å². The SMILES string of the molecule is CC.CC.CCCCC.COC1CCCCC1.Cc1ccccc1-c1cc(CN2CCC(C)C2)ccc1C(=O)NC(CCS(C)(=O)=O)C(=O)O. The number of carbonyl (C=O) groups is 2. The van der Waals surface area contributed by atoms with Crippen molar-refractivity contribution in [3.05, 3.63) is 59.2 Å². The second-order valence-corrected chi connectivity index (χ2v) is 15.2. The maximum atomic E-state index is 13.2. The fraction of sp³-hybridized carbons (Fsp3) is 0.659. The van der Waals surface area contributed by atoms with E-state index in [0.717, 1.165) is 48.1 Å². The van der Waals surface area contributed by atoms with E-state index in [-0.39, 0.29) is 12.2 Å². The van der Waals surface area contributed by atoms with E-state index in [9.17, 15) is 23.1 Å². The third kappa shape index (κ3) is 19.0. The molecule has 1 aliphatic heterocycles. The topological polar surface area (TPSA) is 113 Å². The first kappa shape index (κ1) is 47.2. The summed E-state index contributed by atoms with van der Waals surface area (Å²) in [5.41, 5.74) is 4.11. The lowest BCUT2D eigenvalue weighted by atomic mass is 9.93. The predicted molar refractivity (Wildman–Crippen MR) is 211 cm³/mol. The van der Waals surface area contributed by atoms with Crippen LogP contribution in [-0.2, 0) is 25.9 Å². The summed E-state index contributed by atoms with van der Waals surface area (Å²) in [5, 5.41) is 12.0. The van der Waals surface area contributed by atoms with E-state index < -0.39 is 27.8 Å². The fourth-order valence-electron chi connectivity index (χ4n) is 5.89. The summed E-state index contributed by atoms with van der Waals surface area (Å²) < 4.78 is 28.2. The van der Waals surface area contributed by atoms with Gasteiger partial charge in [0.25, 0.3) is 5.91 Å². The number of likely N-dealkylation sites (tertiary alicyclic amines) is 1. The molecule has 1 saturated carbocycles. The van der Waals surface area contributed by atoms with Crippen LogP contribution in [0.25, 0.3) is 11.1 Å². The monoisotopic (exact) mass is 718 g/mol. The molecule has 2 N–H and O–H groups in total. The molecule has 2 aromatic rings. The van der Waals surface area contributed by atoms with Gasteiger partial charge >= 0.3 is 5.97 Å². The van der Waals surface area contributed by atoms with Crippen molar-refractivity contribution in [2.24, 2.45) is 5.92 Å². The molecule has 1 saturated heterocycles. The molecule has 1 heterocycles. The molecule has 0 bridgehead atoms. The van der Waals surface area contributed by atoms with Gasteiger partial charge in [-0.1, -0.05) is 117 Å². The van der Waals surface area contributed by atoms with Gasteiger partial charge in [-0.05, 0) is 79.5 Å². The average Bonchev–Trinajstić information content (AvgIpc) is 3.53. The molecule has 2 fully saturated rings. The number of hydrogen-bond donors (Lipinski definition) is 2. The molecule has 1 aliphatic carbocycles. The van der Waals surface area contributed by atoms with Gasteiger partial charge in [0.2, 0.25) is 0 Å². The number of unbranched alkanes of at least 4 members (excludes halogenated alkanes) is 2. The average molecular weight is 719 g/mol. The van der Waals surface area contributed by atoms with E-state index in [1.54, 1.807) is 6.07 Å². The van der Waals surface area contributed by atoms with Gasteiger partial charge in [-0.15, -0.1) is 0 Å². The number of amides is 1. The molecule has 9 heteroatoms. The highest BCUT2D eigenvalue weighted by molar-refractivity contribution is 7.90. The van der Waals surface area contributed by atoms with Crippen molar-refractivity contribution in [1.29, 1.82) is 0 Å². The summed E-state index contributed by atoms with van der Waals surface area (Å²) in [5.74, 6) is -1.44. The molecule has 286 valence electrons. The number of nitrogens with one attached hydrogen (secondary N) is 1. The largest absolute Gasteiger partial charge is 0.480 e. The van der Waals surface area contributed by atoms with Gasteiger partial charge in [-0.2, -0.15) is 0 Å². The molecule has 4 rings (SSSR count). The van der Waals surface area contributed by atoms with Crippen molar-refractivity contribution < 1.29 is 27.9 Å². The Kier molecular flexibility index (Phi) is 25.5. The first-order chi connectivity index (χ1) is 23.9. The molecule has 0 aromatic heterocycles. The van der Waals surface area contributed by atoms with E-state index in [1.807, 2.05) is 78.1 Å². The molecule has 1 amide bonds. The molecular formula is C41H70N2O6S. The number of aryl methyl sites for hydroxylation is 1. The summed E-state index contributed by atoms with van der Waals surface area (Å²) in [4.78, 5) is 27.2. The van der Waals surface area contributed by atoms with Gasteiger partial charge in [0, 0.05) is 32.0 Å². The minimum absolute atomic E-state index is 0.190. The molecule has 0 radical (unpaired) electrons. The maximum Gasteiger partial charge on any atom is 0.326 e. The van der Waals surface area contributed by atoms with Gasteiger partial charge in [-0.25, -0.2) is 13.2 Å². The molecule has 2 aromatic carbocycles. The Hall–Kier alpha value is -2.75. The van der Waals surface area contributed by atoms with Crippen LogP contribution in [-0.4, -0.2) is 74.7 Å². The molecular weight excluding hydrogens is 649 g/mol. The van der Waals surface area contributed by atoms with E-state index in [4.69, 9.17) is 4.74 Å². The van der Waals surface area contributed by atoms with Crippen molar-refractivity contribution in [1.82, 2.24) is 10.2 Å². The van der Waals surface area contributed by atoms with Gasteiger partial charge in [0.05, 0.1) is 11.9 Å². The number of sulfone groups is 1. The minimum atomic E-state index is -3.35. The smallest absolute Gasteiger partial charge is 0.326 e. The number of carbonyl (C=O) groups excluding carboxylic acids is 1. The second-order valence-electron chi connectivity index (χ2n) is 13.0. The highest BCUT2D eigenvalue weighted by Gasteiger charge is 2.25. The number of methoxy groups -OCH3 is 1. The zero-order valence-electron chi connectivity index (χ0n) is 33.0. The van der Waals surface area contributed by atoms with Crippen LogP contribution in [0.1, 0.15) is 134 Å². The van der Waals surface area contributed by atoms with Crippen LogP contribution in [0.15, 0.2) is 42.5 Å². The first-order valence-electron chi connectivity index (χ1n) is 19.0. The summed E-state index contributed by atoms with van der Waals surface area (Å²) in [6, 6.07) is 12.1. The summed E-state index contributed by atoms with van der Waals surface area (Å²) in [7, 11) is -1.53. The van der Waals surface area contributed by atoms with Crippen LogP contribution < -0.4 is 5.32 Å². The molecule has 8 nitrogen and oxygen atoms in total. The number of hydrogen-bond acceptors (Lipinski definition) is 6. The Labute approximate surface area is 305 Å². The predicted octanol–water partition coefficient (Wildman–Crippen LogP) is 9.34. The third-order valence-corrected chi connectivity index (χ3v) is 9.63. The number of benzene rings is 2. The molecule has 2 atom stereocenters. The van der Waals surface area contributed by atoms with Crippen molar-refractivity contribution in [3.8, 4) is 11.1 Å². The molecule has 50 heavy (non-hydrogen) atoms. The van der Waals surface area contributed by atoms with Crippen LogP contribution in [0, 0.1) is 12.8 Å². The number of rotatable bonds is 12. The Morgan fingerprint density at radius 2 is 1.58 bits per heavy atom. The Bertz CT molecular complexity index is 1320. The van der Waals surface area contributed by atoms with Crippen LogP contribution >= 0.6 is 0 Å². The zero-order valence-corrected chi connectivity index (χ0v) is 33.8. The van der Waals surface area contributed by atoms with Crippen molar-refractivity contribution in [2.75, 3.05) is 32.2 Å². The van der Waals surface area contributed by atoms with Crippen LogP contribution in [0.3, 0.4) is 0 Å². The van der Waals surface area contributed by atoms with Crippen LogP contribution in [0.2, 0.25) is 0 Å². The Morgan fingerprint density at radius 3 is 2.04 bits per heavy atom. The Balaban J connectivity index is 0.00000117. The molecule has 0 spiro atoms. The highest BCUT2D eigenvalue weighted by atomic mass is 32.2. The normalized spacial score (nSPS) is 16.5. The summed E-state index contributed by atoms with van der Waals surface area (Å²) in [6.45, 7) is 19.5. The van der Waals surface area contributed by atoms with E-state index in [2.05, 4.69) is 31.0 Å². The van der Waals surface area contributed by atoms with E-state index >= 15 is 0 Å². The van der Waals surface area contributed by atoms with Crippen LogP contribution in [0.5, 0.6) is 0 Å². The van der Waals surface area contributed by atoms with Gasteiger partial charge < -0.3 is 15.2 Å². The maximum absolute atomic E-state index is 13.2. The lowest BCUT2D eigenvalue weighted by Gasteiger charge is -2.19.